The first-order valence-corrected chi connectivity index (χ1v) is 6.94. The van der Waals surface area contributed by atoms with Gasteiger partial charge in [-0.15, -0.1) is 0 Å². The molecule has 104 valence electrons. The van der Waals surface area contributed by atoms with Crippen LogP contribution in [0.25, 0.3) is 0 Å². The first kappa shape index (κ1) is 13.3. The van der Waals surface area contributed by atoms with Crippen molar-refractivity contribution in [2.45, 2.75) is 13.3 Å². The van der Waals surface area contributed by atoms with Crippen LogP contribution in [0.5, 0.6) is 0 Å². The van der Waals surface area contributed by atoms with Crippen LogP contribution in [0, 0.1) is 5.92 Å². The zero-order chi connectivity index (χ0) is 14.3. The van der Waals surface area contributed by atoms with Gasteiger partial charge in [-0.1, -0.05) is 11.6 Å². The second-order valence-corrected chi connectivity index (χ2v) is 5.39. The van der Waals surface area contributed by atoms with Gasteiger partial charge in [0.1, 0.15) is 5.92 Å². The number of fused-ring (bicyclic) bond motifs is 3. The van der Waals surface area contributed by atoms with Crippen molar-refractivity contribution < 1.29 is 4.79 Å². The lowest BCUT2D eigenvalue weighted by Crippen LogP contribution is -2.47. The molecule has 2 N–H and O–H groups in total. The molecular weight excluding hydrogens is 276 g/mol. The third-order valence-corrected chi connectivity index (χ3v) is 3.87. The fourth-order valence-corrected chi connectivity index (χ4v) is 2.83. The van der Waals surface area contributed by atoms with Crippen LogP contribution in [0.1, 0.15) is 18.9 Å². The molecule has 5 nitrogen and oxygen atoms in total. The molecule has 20 heavy (non-hydrogen) atoms. The van der Waals surface area contributed by atoms with Gasteiger partial charge >= 0.3 is 0 Å². The van der Waals surface area contributed by atoms with Gasteiger partial charge in [-0.05, 0) is 38.1 Å². The van der Waals surface area contributed by atoms with Crippen molar-refractivity contribution in [3.05, 3.63) is 28.8 Å². The molecule has 3 rings (SSSR count). The number of amides is 1. The van der Waals surface area contributed by atoms with Crippen molar-refractivity contribution in [2.24, 2.45) is 21.9 Å². The molecule has 0 saturated heterocycles. The van der Waals surface area contributed by atoms with E-state index >= 15 is 0 Å². The van der Waals surface area contributed by atoms with E-state index in [1.807, 2.05) is 19.1 Å². The van der Waals surface area contributed by atoms with Gasteiger partial charge < -0.3 is 10.6 Å². The molecule has 2 aliphatic rings. The maximum absolute atomic E-state index is 12.7. The van der Waals surface area contributed by atoms with Gasteiger partial charge in [0.2, 0.25) is 5.91 Å². The van der Waals surface area contributed by atoms with Crippen molar-refractivity contribution in [1.82, 2.24) is 0 Å². The summed E-state index contributed by atoms with van der Waals surface area (Å²) in [6.45, 7) is 2.97. The van der Waals surface area contributed by atoms with Gasteiger partial charge in [-0.25, -0.2) is 0 Å². The van der Waals surface area contributed by atoms with E-state index in [-0.39, 0.29) is 11.8 Å². The minimum absolute atomic E-state index is 0.0192. The quantitative estimate of drug-likeness (QED) is 0.922. The van der Waals surface area contributed by atoms with Crippen molar-refractivity contribution in [1.29, 1.82) is 0 Å². The lowest BCUT2D eigenvalue weighted by Gasteiger charge is -2.33. The summed E-state index contributed by atoms with van der Waals surface area (Å²) in [5.74, 6) is -0.357. The molecule has 0 radical (unpaired) electrons. The molecule has 0 spiro atoms. The van der Waals surface area contributed by atoms with E-state index in [9.17, 15) is 4.79 Å². The first-order chi connectivity index (χ1) is 9.63. The minimum Gasteiger partial charge on any atom is -0.330 e. The van der Waals surface area contributed by atoms with E-state index < -0.39 is 0 Å². The molecule has 1 aromatic carbocycles. The van der Waals surface area contributed by atoms with Gasteiger partial charge in [0, 0.05) is 17.1 Å². The fraction of sp³-hybridized carbons (Fsp3) is 0.357. The van der Waals surface area contributed by atoms with Crippen LogP contribution in [0.4, 0.5) is 5.69 Å². The number of hydrogen-bond acceptors (Lipinski definition) is 4. The Morgan fingerprint density at radius 2 is 2.20 bits per heavy atom. The third kappa shape index (κ3) is 1.94. The summed E-state index contributed by atoms with van der Waals surface area (Å²) in [4.78, 5) is 14.4. The average Bonchev–Trinajstić information content (AvgIpc) is 2.82. The third-order valence-electron chi connectivity index (χ3n) is 3.63. The van der Waals surface area contributed by atoms with Crippen molar-refractivity contribution >= 4 is 34.6 Å². The number of rotatable bonds is 3. The van der Waals surface area contributed by atoms with Gasteiger partial charge in [-0.3, -0.25) is 4.79 Å². The Morgan fingerprint density at radius 3 is 2.95 bits per heavy atom. The molecule has 1 amide bonds. The molecule has 6 heteroatoms. The number of anilines is 1. The molecule has 1 aromatic rings. The molecule has 0 bridgehead atoms. The highest BCUT2D eigenvalue weighted by atomic mass is 35.5. The number of carbonyl (C=O) groups excluding carboxylic acids is 1. The van der Waals surface area contributed by atoms with Gasteiger partial charge in [0.15, 0.2) is 0 Å². The molecule has 0 aromatic heterocycles. The topological polar surface area (TPSA) is 71.1 Å². The summed E-state index contributed by atoms with van der Waals surface area (Å²) >= 11 is 6.08. The van der Waals surface area contributed by atoms with Gasteiger partial charge in [0.25, 0.3) is 0 Å². The zero-order valence-electron chi connectivity index (χ0n) is 11.1. The molecule has 0 saturated carbocycles. The zero-order valence-corrected chi connectivity index (χ0v) is 11.9. The molecule has 1 unspecified atom stereocenters. The Kier molecular flexibility index (Phi) is 3.31. The Balaban J connectivity index is 2.11. The smallest absolute Gasteiger partial charge is 0.242 e. The Bertz CT molecular complexity index is 638. The van der Waals surface area contributed by atoms with Crippen LogP contribution in [-0.2, 0) is 4.79 Å². The van der Waals surface area contributed by atoms with Crippen molar-refractivity contribution in [3.8, 4) is 0 Å². The Labute approximate surface area is 122 Å². The lowest BCUT2D eigenvalue weighted by molar-refractivity contribution is -0.119. The monoisotopic (exact) mass is 290 g/mol. The van der Waals surface area contributed by atoms with Crippen molar-refractivity contribution in [2.75, 3.05) is 18.0 Å². The highest BCUT2D eigenvalue weighted by Gasteiger charge is 2.41. The van der Waals surface area contributed by atoms with E-state index in [0.717, 1.165) is 23.4 Å². The van der Waals surface area contributed by atoms with Gasteiger partial charge in [-0.2, -0.15) is 10.2 Å². The molecule has 1 atom stereocenters. The van der Waals surface area contributed by atoms with E-state index in [1.54, 1.807) is 11.0 Å². The summed E-state index contributed by atoms with van der Waals surface area (Å²) in [6, 6.07) is 5.49. The Hall–Kier alpha value is -1.72. The van der Waals surface area contributed by atoms with E-state index in [0.29, 0.717) is 23.8 Å². The van der Waals surface area contributed by atoms with Crippen LogP contribution >= 0.6 is 11.6 Å². The number of hydrogen-bond donors (Lipinski definition) is 1. The predicted molar refractivity (Wildman–Crippen MR) is 80.6 cm³/mol. The summed E-state index contributed by atoms with van der Waals surface area (Å²) in [5.41, 5.74) is 8.72. The normalized spacial score (nSPS) is 20.4. The summed E-state index contributed by atoms with van der Waals surface area (Å²) in [7, 11) is 0. The predicted octanol–water partition coefficient (Wildman–Crippen LogP) is 1.83. The number of nitrogens with zero attached hydrogens (tertiary/aromatic N) is 3. The van der Waals surface area contributed by atoms with E-state index in [1.165, 1.54) is 0 Å². The fourth-order valence-electron chi connectivity index (χ4n) is 2.65. The van der Waals surface area contributed by atoms with Crippen LogP contribution < -0.4 is 10.6 Å². The summed E-state index contributed by atoms with van der Waals surface area (Å²) in [5, 5.41) is 8.85. The minimum atomic E-state index is -0.376. The highest BCUT2D eigenvalue weighted by Crippen LogP contribution is 2.35. The summed E-state index contributed by atoms with van der Waals surface area (Å²) in [6.07, 6.45) is 0.753. The maximum Gasteiger partial charge on any atom is 0.242 e. The Morgan fingerprint density at radius 1 is 1.40 bits per heavy atom. The second-order valence-electron chi connectivity index (χ2n) is 4.95. The SMILES string of the molecule is CC1=NN=C2c3cc(Cl)ccc3N(CCCN)C(=O)C12. The van der Waals surface area contributed by atoms with Crippen LogP contribution in [0.2, 0.25) is 5.02 Å². The number of halogens is 1. The van der Waals surface area contributed by atoms with E-state index in [4.69, 9.17) is 17.3 Å². The molecule has 0 fully saturated rings. The first-order valence-electron chi connectivity index (χ1n) is 6.57. The van der Waals surface area contributed by atoms with E-state index in [2.05, 4.69) is 10.2 Å². The molecular formula is C14H15ClN4O. The summed E-state index contributed by atoms with van der Waals surface area (Å²) < 4.78 is 0. The molecule has 2 heterocycles. The standard InChI is InChI=1S/C14H15ClN4O/c1-8-12-13(18-17-8)10-7-9(15)3-4-11(10)19(14(12)20)6-2-5-16/h3-4,7,12H,2,5-6,16H2,1H3. The van der Waals surface area contributed by atoms with Crippen LogP contribution in [0.15, 0.2) is 28.4 Å². The largest absolute Gasteiger partial charge is 0.330 e. The van der Waals surface area contributed by atoms with Gasteiger partial charge in [0.05, 0.1) is 17.1 Å². The number of carbonyl (C=O) groups is 1. The molecule has 0 aliphatic carbocycles. The highest BCUT2D eigenvalue weighted by molar-refractivity contribution is 6.36. The number of nitrogens with two attached hydrogens (primary N) is 1. The maximum atomic E-state index is 12.7. The average molecular weight is 291 g/mol. The number of benzene rings is 1. The lowest BCUT2D eigenvalue weighted by atomic mass is 9.87. The van der Waals surface area contributed by atoms with Crippen LogP contribution in [-0.4, -0.2) is 30.4 Å². The van der Waals surface area contributed by atoms with Crippen LogP contribution in [0.3, 0.4) is 0 Å². The van der Waals surface area contributed by atoms with Crippen molar-refractivity contribution in [3.63, 3.8) is 0 Å². The molecule has 2 aliphatic heterocycles. The second kappa shape index (κ2) is 5.00.